The van der Waals surface area contributed by atoms with Crippen LogP contribution in [0.2, 0.25) is 0 Å². The zero-order chi connectivity index (χ0) is 18.5. The molecular formula is C19H23N5O2. The fraction of sp³-hybridized carbons (Fsp3) is 0.421. The molecule has 0 fully saturated rings. The molecule has 1 amide bonds. The average Bonchev–Trinajstić information content (AvgIpc) is 2.96. The van der Waals surface area contributed by atoms with E-state index in [1.165, 1.54) is 0 Å². The molecular weight excluding hydrogens is 330 g/mol. The largest absolute Gasteiger partial charge is 0.497 e. The number of aromatic nitrogens is 2. The standard InChI is InChI=1S/C19H23N5O2/c1-3-18(21-14-6-4-7-17(11-14)26-2)19(25)23-8-5-9-24-16(13-23)10-15(12-20)22-24/h4,6-7,10-11,18,21H,3,5,8-9,13H2,1-2H3. The van der Waals surface area contributed by atoms with Gasteiger partial charge in [-0.1, -0.05) is 13.0 Å². The number of benzene rings is 1. The van der Waals surface area contributed by atoms with Crippen molar-refractivity contribution in [3.63, 3.8) is 0 Å². The van der Waals surface area contributed by atoms with Gasteiger partial charge in [-0.2, -0.15) is 10.4 Å². The van der Waals surface area contributed by atoms with E-state index in [0.717, 1.165) is 30.1 Å². The van der Waals surface area contributed by atoms with E-state index < -0.39 is 0 Å². The topological polar surface area (TPSA) is 83.2 Å². The Kier molecular flexibility index (Phi) is 5.42. The number of methoxy groups -OCH3 is 1. The van der Waals surface area contributed by atoms with Gasteiger partial charge in [0.25, 0.3) is 0 Å². The summed E-state index contributed by atoms with van der Waals surface area (Å²) in [7, 11) is 1.62. The van der Waals surface area contributed by atoms with Crippen LogP contribution in [0.15, 0.2) is 30.3 Å². The van der Waals surface area contributed by atoms with E-state index in [-0.39, 0.29) is 11.9 Å². The number of hydrogen-bond donors (Lipinski definition) is 1. The molecule has 136 valence electrons. The van der Waals surface area contributed by atoms with Crippen LogP contribution in [0.3, 0.4) is 0 Å². The highest BCUT2D eigenvalue weighted by atomic mass is 16.5. The Morgan fingerprint density at radius 3 is 3.00 bits per heavy atom. The lowest BCUT2D eigenvalue weighted by molar-refractivity contribution is -0.132. The molecule has 2 heterocycles. The van der Waals surface area contributed by atoms with Crippen LogP contribution in [0.4, 0.5) is 5.69 Å². The lowest BCUT2D eigenvalue weighted by Gasteiger charge is -2.26. The zero-order valence-corrected chi connectivity index (χ0v) is 15.1. The maximum absolute atomic E-state index is 13.1. The van der Waals surface area contributed by atoms with Crippen molar-refractivity contribution in [1.29, 1.82) is 5.26 Å². The number of nitriles is 1. The summed E-state index contributed by atoms with van der Waals surface area (Å²) in [5.74, 6) is 0.809. The molecule has 0 saturated heterocycles. The number of fused-ring (bicyclic) bond motifs is 1. The van der Waals surface area contributed by atoms with Crippen LogP contribution < -0.4 is 10.1 Å². The van der Waals surface area contributed by atoms with Crippen LogP contribution in [-0.2, 0) is 17.9 Å². The number of ether oxygens (including phenoxy) is 1. The van der Waals surface area contributed by atoms with Crippen LogP contribution >= 0.6 is 0 Å². The molecule has 0 saturated carbocycles. The molecule has 0 aliphatic carbocycles. The molecule has 7 heteroatoms. The number of nitrogens with zero attached hydrogens (tertiary/aromatic N) is 4. The highest BCUT2D eigenvalue weighted by Gasteiger charge is 2.26. The first kappa shape index (κ1) is 17.8. The molecule has 3 rings (SSSR count). The third-order valence-electron chi connectivity index (χ3n) is 4.56. The van der Waals surface area contributed by atoms with E-state index in [4.69, 9.17) is 10.00 Å². The molecule has 1 N–H and O–H groups in total. The number of nitrogens with one attached hydrogen (secondary N) is 1. The SMILES string of the molecule is CCC(Nc1cccc(OC)c1)C(=O)N1CCCn2nc(C#N)cc2C1. The van der Waals surface area contributed by atoms with Gasteiger partial charge in [0.2, 0.25) is 5.91 Å². The van der Waals surface area contributed by atoms with Crippen molar-refractivity contribution < 1.29 is 9.53 Å². The predicted octanol–water partition coefficient (Wildman–Crippen LogP) is 2.39. The van der Waals surface area contributed by atoms with Crippen molar-refractivity contribution >= 4 is 11.6 Å². The molecule has 1 unspecified atom stereocenters. The minimum Gasteiger partial charge on any atom is -0.497 e. The van der Waals surface area contributed by atoms with Gasteiger partial charge in [-0.15, -0.1) is 0 Å². The van der Waals surface area contributed by atoms with Crippen LogP contribution in [0.1, 0.15) is 31.2 Å². The van der Waals surface area contributed by atoms with Gasteiger partial charge >= 0.3 is 0 Å². The normalized spacial score (nSPS) is 14.7. The fourth-order valence-corrected chi connectivity index (χ4v) is 3.18. The summed E-state index contributed by atoms with van der Waals surface area (Å²) < 4.78 is 7.08. The number of carbonyl (C=O) groups excluding carboxylic acids is 1. The van der Waals surface area contributed by atoms with E-state index in [1.54, 1.807) is 13.2 Å². The summed E-state index contributed by atoms with van der Waals surface area (Å²) in [4.78, 5) is 14.9. The number of rotatable bonds is 5. The van der Waals surface area contributed by atoms with E-state index in [1.807, 2.05) is 40.8 Å². The van der Waals surface area contributed by atoms with Crippen molar-refractivity contribution in [1.82, 2.24) is 14.7 Å². The Morgan fingerprint density at radius 2 is 2.27 bits per heavy atom. The Labute approximate surface area is 153 Å². The van der Waals surface area contributed by atoms with Gasteiger partial charge in [-0.05, 0) is 31.0 Å². The van der Waals surface area contributed by atoms with Gasteiger partial charge in [0, 0.05) is 24.8 Å². The second-order valence-corrected chi connectivity index (χ2v) is 6.31. The third kappa shape index (κ3) is 3.80. The van der Waals surface area contributed by atoms with Crippen LogP contribution in [-0.4, -0.2) is 40.3 Å². The van der Waals surface area contributed by atoms with Gasteiger partial charge in [0.1, 0.15) is 17.9 Å². The number of amides is 1. The lowest BCUT2D eigenvalue weighted by atomic mass is 10.1. The monoisotopic (exact) mass is 353 g/mol. The predicted molar refractivity (Wildman–Crippen MR) is 97.7 cm³/mol. The Balaban J connectivity index is 1.74. The Hall–Kier alpha value is -3.01. The summed E-state index contributed by atoms with van der Waals surface area (Å²) in [6.07, 6.45) is 1.50. The minimum atomic E-state index is -0.313. The van der Waals surface area contributed by atoms with E-state index >= 15 is 0 Å². The first-order chi connectivity index (χ1) is 12.6. The van der Waals surface area contributed by atoms with Crippen molar-refractivity contribution in [3.05, 3.63) is 41.7 Å². The van der Waals surface area contributed by atoms with Crippen molar-refractivity contribution in [3.8, 4) is 11.8 Å². The highest BCUT2D eigenvalue weighted by molar-refractivity contribution is 5.84. The van der Waals surface area contributed by atoms with Crippen molar-refractivity contribution in [2.75, 3.05) is 19.0 Å². The number of anilines is 1. The van der Waals surface area contributed by atoms with E-state index in [9.17, 15) is 4.79 Å². The van der Waals surface area contributed by atoms with Crippen LogP contribution in [0.25, 0.3) is 0 Å². The summed E-state index contributed by atoms with van der Waals surface area (Å²) in [5, 5.41) is 16.6. The Morgan fingerprint density at radius 1 is 1.42 bits per heavy atom. The highest BCUT2D eigenvalue weighted by Crippen LogP contribution is 2.20. The maximum atomic E-state index is 13.1. The molecule has 7 nitrogen and oxygen atoms in total. The van der Waals surface area contributed by atoms with Crippen LogP contribution in [0.5, 0.6) is 5.75 Å². The second kappa shape index (κ2) is 7.91. The van der Waals surface area contributed by atoms with E-state index in [2.05, 4.69) is 16.5 Å². The van der Waals surface area contributed by atoms with Gasteiger partial charge in [0.15, 0.2) is 5.69 Å². The molecule has 1 aromatic heterocycles. The van der Waals surface area contributed by atoms with Gasteiger partial charge in [-0.25, -0.2) is 0 Å². The molecule has 0 bridgehead atoms. The van der Waals surface area contributed by atoms with Gasteiger partial charge in [0.05, 0.1) is 19.3 Å². The van der Waals surface area contributed by atoms with Gasteiger partial charge < -0.3 is 15.0 Å². The summed E-state index contributed by atoms with van der Waals surface area (Å²) in [6.45, 7) is 3.87. The van der Waals surface area contributed by atoms with Gasteiger partial charge in [-0.3, -0.25) is 9.48 Å². The molecule has 26 heavy (non-hydrogen) atoms. The third-order valence-corrected chi connectivity index (χ3v) is 4.56. The zero-order valence-electron chi connectivity index (χ0n) is 15.1. The second-order valence-electron chi connectivity index (χ2n) is 6.31. The fourth-order valence-electron chi connectivity index (χ4n) is 3.18. The molecule has 1 aliphatic rings. The van der Waals surface area contributed by atoms with Crippen molar-refractivity contribution in [2.45, 2.75) is 38.9 Å². The molecule has 1 aromatic carbocycles. The van der Waals surface area contributed by atoms with Crippen molar-refractivity contribution in [2.24, 2.45) is 0 Å². The smallest absolute Gasteiger partial charge is 0.245 e. The van der Waals surface area contributed by atoms with E-state index in [0.29, 0.717) is 25.2 Å². The summed E-state index contributed by atoms with van der Waals surface area (Å²) in [5.41, 5.74) is 2.16. The number of aryl methyl sites for hydroxylation is 1. The maximum Gasteiger partial charge on any atom is 0.245 e. The number of carbonyl (C=O) groups is 1. The molecule has 0 spiro atoms. The molecule has 0 radical (unpaired) electrons. The molecule has 1 atom stereocenters. The minimum absolute atomic E-state index is 0.0588. The molecule has 1 aliphatic heterocycles. The first-order valence-corrected chi connectivity index (χ1v) is 8.80. The quantitative estimate of drug-likeness (QED) is 0.892. The molecule has 2 aromatic rings. The Bertz CT molecular complexity index is 824. The first-order valence-electron chi connectivity index (χ1n) is 8.80. The summed E-state index contributed by atoms with van der Waals surface area (Å²) in [6, 6.07) is 11.1. The lowest BCUT2D eigenvalue weighted by Crippen LogP contribution is -2.42. The number of hydrogen-bond acceptors (Lipinski definition) is 5. The summed E-state index contributed by atoms with van der Waals surface area (Å²) >= 11 is 0. The van der Waals surface area contributed by atoms with Crippen LogP contribution in [0, 0.1) is 11.3 Å². The average molecular weight is 353 g/mol.